The zero-order valence-electron chi connectivity index (χ0n) is 11.9. The number of rotatable bonds is 7. The quantitative estimate of drug-likeness (QED) is 0.683. The van der Waals surface area contributed by atoms with Gasteiger partial charge in [-0.05, 0) is 37.6 Å². The SMILES string of the molecule is CNC(=O)c1ccc(CCC(NC)C(=O)O)cc1OC. The van der Waals surface area contributed by atoms with Gasteiger partial charge in [0.2, 0.25) is 0 Å². The van der Waals surface area contributed by atoms with Crippen molar-refractivity contribution in [2.24, 2.45) is 0 Å². The molecule has 6 heteroatoms. The average molecular weight is 280 g/mol. The maximum absolute atomic E-state index is 11.6. The highest BCUT2D eigenvalue weighted by Gasteiger charge is 2.16. The minimum atomic E-state index is -0.874. The zero-order chi connectivity index (χ0) is 15.1. The normalized spacial score (nSPS) is 11.8. The Labute approximate surface area is 118 Å². The average Bonchev–Trinajstić information content (AvgIpc) is 2.46. The van der Waals surface area contributed by atoms with Crippen molar-refractivity contribution in [1.82, 2.24) is 10.6 Å². The number of amides is 1. The third-order valence-corrected chi connectivity index (χ3v) is 3.11. The predicted octanol–water partition coefficient (Wildman–Crippen LogP) is 0.660. The van der Waals surface area contributed by atoms with E-state index in [0.29, 0.717) is 24.2 Å². The summed E-state index contributed by atoms with van der Waals surface area (Å²) < 4.78 is 5.20. The summed E-state index contributed by atoms with van der Waals surface area (Å²) >= 11 is 0. The first-order valence-electron chi connectivity index (χ1n) is 6.32. The highest BCUT2D eigenvalue weighted by Crippen LogP contribution is 2.21. The molecule has 0 aliphatic rings. The molecule has 0 spiro atoms. The van der Waals surface area contributed by atoms with Crippen molar-refractivity contribution in [3.05, 3.63) is 29.3 Å². The highest BCUT2D eigenvalue weighted by atomic mass is 16.5. The molecule has 3 N–H and O–H groups in total. The number of carboxylic acid groups (broad SMARTS) is 1. The first-order valence-corrected chi connectivity index (χ1v) is 6.32. The fourth-order valence-electron chi connectivity index (χ4n) is 1.92. The van der Waals surface area contributed by atoms with Gasteiger partial charge in [0.1, 0.15) is 11.8 Å². The lowest BCUT2D eigenvalue weighted by molar-refractivity contribution is -0.139. The van der Waals surface area contributed by atoms with E-state index in [1.807, 2.05) is 6.07 Å². The van der Waals surface area contributed by atoms with Crippen molar-refractivity contribution in [1.29, 1.82) is 0 Å². The van der Waals surface area contributed by atoms with Crippen molar-refractivity contribution < 1.29 is 19.4 Å². The summed E-state index contributed by atoms with van der Waals surface area (Å²) in [5, 5.41) is 14.2. The molecule has 0 heterocycles. The molecule has 1 aromatic rings. The first kappa shape index (κ1) is 16.0. The van der Waals surface area contributed by atoms with Crippen molar-refractivity contribution in [3.63, 3.8) is 0 Å². The maximum atomic E-state index is 11.6. The van der Waals surface area contributed by atoms with Crippen molar-refractivity contribution >= 4 is 11.9 Å². The summed E-state index contributed by atoms with van der Waals surface area (Å²) in [7, 11) is 4.67. The number of nitrogens with one attached hydrogen (secondary N) is 2. The van der Waals surface area contributed by atoms with Crippen molar-refractivity contribution in [2.75, 3.05) is 21.2 Å². The van der Waals surface area contributed by atoms with Gasteiger partial charge in [0.25, 0.3) is 5.91 Å². The highest BCUT2D eigenvalue weighted by molar-refractivity contribution is 5.96. The molecule has 1 rings (SSSR count). The molecule has 1 atom stereocenters. The molecule has 0 aromatic heterocycles. The molecule has 0 saturated carbocycles. The molecular weight excluding hydrogens is 260 g/mol. The van der Waals surface area contributed by atoms with Gasteiger partial charge >= 0.3 is 5.97 Å². The van der Waals surface area contributed by atoms with Crippen LogP contribution >= 0.6 is 0 Å². The number of hydrogen-bond acceptors (Lipinski definition) is 4. The van der Waals surface area contributed by atoms with Crippen LogP contribution in [0, 0.1) is 0 Å². The minimum Gasteiger partial charge on any atom is -0.496 e. The van der Waals surface area contributed by atoms with E-state index in [1.54, 1.807) is 26.2 Å². The Bertz CT molecular complexity index is 488. The molecule has 1 unspecified atom stereocenters. The van der Waals surface area contributed by atoms with E-state index in [9.17, 15) is 9.59 Å². The van der Waals surface area contributed by atoms with Crippen LogP contribution in [0.15, 0.2) is 18.2 Å². The molecule has 6 nitrogen and oxygen atoms in total. The molecule has 0 saturated heterocycles. The lowest BCUT2D eigenvalue weighted by Gasteiger charge is -2.12. The monoisotopic (exact) mass is 280 g/mol. The Balaban J connectivity index is 2.83. The van der Waals surface area contributed by atoms with Crippen LogP contribution in [0.4, 0.5) is 0 Å². The Morgan fingerprint density at radius 3 is 2.55 bits per heavy atom. The molecule has 0 aliphatic heterocycles. The Hall–Kier alpha value is -2.08. The van der Waals surface area contributed by atoms with Crippen molar-refractivity contribution in [2.45, 2.75) is 18.9 Å². The second-order valence-electron chi connectivity index (χ2n) is 4.33. The van der Waals surface area contributed by atoms with Gasteiger partial charge in [0, 0.05) is 7.05 Å². The third-order valence-electron chi connectivity index (χ3n) is 3.11. The fourth-order valence-corrected chi connectivity index (χ4v) is 1.92. The zero-order valence-corrected chi connectivity index (χ0v) is 11.9. The number of ether oxygens (including phenoxy) is 1. The number of benzene rings is 1. The molecule has 20 heavy (non-hydrogen) atoms. The van der Waals surface area contributed by atoms with Crippen LogP contribution in [0.5, 0.6) is 5.75 Å². The smallest absolute Gasteiger partial charge is 0.320 e. The topological polar surface area (TPSA) is 87.7 Å². The van der Waals surface area contributed by atoms with E-state index in [-0.39, 0.29) is 5.91 Å². The van der Waals surface area contributed by atoms with E-state index in [4.69, 9.17) is 9.84 Å². The number of carbonyl (C=O) groups excluding carboxylic acids is 1. The summed E-state index contributed by atoms with van der Waals surface area (Å²) in [6.07, 6.45) is 1.05. The molecule has 1 amide bonds. The van der Waals surface area contributed by atoms with Gasteiger partial charge in [-0.3, -0.25) is 9.59 Å². The van der Waals surface area contributed by atoms with E-state index in [2.05, 4.69) is 10.6 Å². The lowest BCUT2D eigenvalue weighted by atomic mass is 10.0. The first-order chi connectivity index (χ1) is 9.53. The number of methoxy groups -OCH3 is 1. The molecule has 0 radical (unpaired) electrons. The van der Waals surface area contributed by atoms with Crippen LogP contribution < -0.4 is 15.4 Å². The predicted molar refractivity (Wildman–Crippen MR) is 75.2 cm³/mol. The second-order valence-corrected chi connectivity index (χ2v) is 4.33. The van der Waals surface area contributed by atoms with E-state index < -0.39 is 12.0 Å². The minimum absolute atomic E-state index is 0.216. The van der Waals surface area contributed by atoms with Gasteiger partial charge in [-0.1, -0.05) is 6.07 Å². The fraction of sp³-hybridized carbons (Fsp3) is 0.429. The molecule has 110 valence electrons. The Kier molecular flexibility index (Phi) is 5.99. The van der Waals surface area contributed by atoms with E-state index >= 15 is 0 Å². The number of carbonyl (C=O) groups is 2. The van der Waals surface area contributed by atoms with Gasteiger partial charge in [0.05, 0.1) is 12.7 Å². The van der Waals surface area contributed by atoms with Crippen LogP contribution in [0.2, 0.25) is 0 Å². The summed E-state index contributed by atoms with van der Waals surface area (Å²) in [6.45, 7) is 0. The Morgan fingerprint density at radius 1 is 1.35 bits per heavy atom. The van der Waals surface area contributed by atoms with Crippen LogP contribution in [-0.2, 0) is 11.2 Å². The Morgan fingerprint density at radius 2 is 2.05 bits per heavy atom. The molecule has 0 aliphatic carbocycles. The van der Waals surface area contributed by atoms with Crippen LogP contribution in [0.1, 0.15) is 22.3 Å². The van der Waals surface area contributed by atoms with E-state index in [0.717, 1.165) is 5.56 Å². The van der Waals surface area contributed by atoms with Gasteiger partial charge < -0.3 is 20.5 Å². The molecule has 0 bridgehead atoms. The molecule has 1 aromatic carbocycles. The summed E-state index contributed by atoms with van der Waals surface area (Å²) in [4.78, 5) is 22.5. The molecular formula is C14H20N2O4. The lowest BCUT2D eigenvalue weighted by Crippen LogP contribution is -2.34. The third kappa shape index (κ3) is 3.96. The van der Waals surface area contributed by atoms with Crippen molar-refractivity contribution in [3.8, 4) is 5.75 Å². The van der Waals surface area contributed by atoms with Gasteiger partial charge in [-0.2, -0.15) is 0 Å². The van der Waals surface area contributed by atoms with Crippen LogP contribution in [0.3, 0.4) is 0 Å². The van der Waals surface area contributed by atoms with Crippen LogP contribution in [0.25, 0.3) is 0 Å². The van der Waals surface area contributed by atoms with Gasteiger partial charge in [-0.15, -0.1) is 0 Å². The molecule has 0 fully saturated rings. The second kappa shape index (κ2) is 7.49. The number of carboxylic acids is 1. The summed E-state index contributed by atoms with van der Waals surface area (Å²) in [5.74, 6) is -0.605. The maximum Gasteiger partial charge on any atom is 0.320 e. The standard InChI is InChI=1S/C14H20N2O4/c1-15-11(14(18)19)7-5-9-4-6-10(13(17)16-2)12(8-9)20-3/h4,6,8,11,15H,5,7H2,1-3H3,(H,16,17)(H,18,19). The summed E-state index contributed by atoms with van der Waals surface area (Å²) in [5.41, 5.74) is 1.39. The van der Waals surface area contributed by atoms with Gasteiger partial charge in [-0.25, -0.2) is 0 Å². The van der Waals surface area contributed by atoms with E-state index in [1.165, 1.54) is 7.11 Å². The van der Waals surface area contributed by atoms with Gasteiger partial charge in [0.15, 0.2) is 0 Å². The number of aryl methyl sites for hydroxylation is 1. The summed E-state index contributed by atoms with van der Waals surface area (Å²) in [6, 6.07) is 4.67. The largest absolute Gasteiger partial charge is 0.496 e. The number of hydrogen-bond donors (Lipinski definition) is 3. The number of aliphatic carboxylic acids is 1. The number of likely N-dealkylation sites (N-methyl/N-ethyl adjacent to an activating group) is 1. The van der Waals surface area contributed by atoms with Crippen LogP contribution in [-0.4, -0.2) is 44.2 Å².